The lowest BCUT2D eigenvalue weighted by molar-refractivity contribution is -0.121. The number of likely N-dealkylation sites (tertiary alicyclic amines) is 1. The van der Waals surface area contributed by atoms with Crippen molar-refractivity contribution in [2.24, 2.45) is 11.8 Å². The van der Waals surface area contributed by atoms with E-state index in [1.54, 1.807) is 0 Å². The number of benzene rings is 1. The van der Waals surface area contributed by atoms with Crippen LogP contribution in [0.5, 0.6) is 0 Å². The first-order chi connectivity index (χ1) is 9.81. The fourth-order valence-corrected chi connectivity index (χ4v) is 3.71. The van der Waals surface area contributed by atoms with E-state index in [2.05, 4.69) is 35.2 Å². The molecule has 2 aliphatic rings. The van der Waals surface area contributed by atoms with E-state index < -0.39 is 0 Å². The SMILES string of the molecule is O=C1CCCC1CN1CCC(Cc2ccccc2)CC1. The molecule has 1 aromatic rings. The number of hydrogen-bond donors (Lipinski definition) is 0. The van der Waals surface area contributed by atoms with E-state index in [1.165, 1.54) is 37.9 Å². The second-order valence-corrected chi connectivity index (χ2v) is 6.49. The number of Topliss-reactive ketones (excluding diaryl/α,β-unsaturated/α-hetero) is 1. The molecule has 0 spiro atoms. The van der Waals surface area contributed by atoms with Crippen molar-refractivity contribution in [2.45, 2.75) is 38.5 Å². The summed E-state index contributed by atoms with van der Waals surface area (Å²) in [5.41, 5.74) is 1.47. The van der Waals surface area contributed by atoms with E-state index >= 15 is 0 Å². The van der Waals surface area contributed by atoms with Gasteiger partial charge in [-0.15, -0.1) is 0 Å². The Labute approximate surface area is 122 Å². The Morgan fingerprint density at radius 2 is 1.80 bits per heavy atom. The molecular weight excluding hydrogens is 246 g/mol. The van der Waals surface area contributed by atoms with Gasteiger partial charge in [-0.1, -0.05) is 30.3 Å². The molecule has 1 unspecified atom stereocenters. The van der Waals surface area contributed by atoms with Crippen molar-refractivity contribution in [1.82, 2.24) is 4.90 Å². The van der Waals surface area contributed by atoms with Crippen LogP contribution < -0.4 is 0 Å². The Balaban J connectivity index is 1.44. The maximum atomic E-state index is 11.7. The second kappa shape index (κ2) is 6.53. The minimum Gasteiger partial charge on any atom is -0.303 e. The minimum absolute atomic E-state index is 0.348. The number of rotatable bonds is 4. The zero-order valence-corrected chi connectivity index (χ0v) is 12.3. The van der Waals surface area contributed by atoms with Crippen LogP contribution in [-0.4, -0.2) is 30.3 Å². The molecule has 1 atom stereocenters. The third kappa shape index (κ3) is 3.49. The standard InChI is InChI=1S/C18H25NO/c20-18-8-4-7-17(18)14-19-11-9-16(10-12-19)13-15-5-2-1-3-6-15/h1-3,5-6,16-17H,4,7-14H2. The summed E-state index contributed by atoms with van der Waals surface area (Å²) in [6, 6.07) is 10.8. The molecule has 108 valence electrons. The number of piperidine rings is 1. The van der Waals surface area contributed by atoms with E-state index in [9.17, 15) is 4.79 Å². The predicted molar refractivity (Wildman–Crippen MR) is 81.7 cm³/mol. The summed E-state index contributed by atoms with van der Waals surface area (Å²) in [7, 11) is 0. The first-order valence-electron chi connectivity index (χ1n) is 8.10. The van der Waals surface area contributed by atoms with Crippen molar-refractivity contribution in [3.05, 3.63) is 35.9 Å². The molecule has 1 aromatic carbocycles. The van der Waals surface area contributed by atoms with Crippen LogP contribution in [0.2, 0.25) is 0 Å². The monoisotopic (exact) mass is 271 g/mol. The lowest BCUT2D eigenvalue weighted by atomic mass is 9.89. The highest BCUT2D eigenvalue weighted by Crippen LogP contribution is 2.26. The molecule has 20 heavy (non-hydrogen) atoms. The van der Waals surface area contributed by atoms with Gasteiger partial charge in [0.25, 0.3) is 0 Å². The van der Waals surface area contributed by atoms with Gasteiger partial charge in [0, 0.05) is 18.9 Å². The lowest BCUT2D eigenvalue weighted by Gasteiger charge is -2.33. The molecule has 1 aliphatic heterocycles. The summed E-state index contributed by atoms with van der Waals surface area (Å²) in [5, 5.41) is 0. The molecule has 0 bridgehead atoms. The Hall–Kier alpha value is -1.15. The maximum absolute atomic E-state index is 11.7. The third-order valence-electron chi connectivity index (χ3n) is 4.98. The first kappa shape index (κ1) is 13.8. The number of carbonyl (C=O) groups is 1. The fourth-order valence-electron chi connectivity index (χ4n) is 3.71. The molecule has 0 N–H and O–H groups in total. The summed E-state index contributed by atoms with van der Waals surface area (Å²) >= 11 is 0. The molecule has 0 aromatic heterocycles. The Morgan fingerprint density at radius 3 is 2.45 bits per heavy atom. The molecule has 2 fully saturated rings. The van der Waals surface area contributed by atoms with E-state index in [4.69, 9.17) is 0 Å². The van der Waals surface area contributed by atoms with Crippen LogP contribution in [0.15, 0.2) is 30.3 Å². The Morgan fingerprint density at radius 1 is 1.05 bits per heavy atom. The quantitative estimate of drug-likeness (QED) is 0.837. The van der Waals surface area contributed by atoms with Crippen molar-refractivity contribution in [3.8, 4) is 0 Å². The van der Waals surface area contributed by atoms with Gasteiger partial charge in [-0.2, -0.15) is 0 Å². The molecule has 2 nitrogen and oxygen atoms in total. The van der Waals surface area contributed by atoms with Gasteiger partial charge in [0.15, 0.2) is 0 Å². The van der Waals surface area contributed by atoms with Gasteiger partial charge in [-0.05, 0) is 56.7 Å². The normalized spacial score (nSPS) is 25.2. The molecule has 3 rings (SSSR count). The van der Waals surface area contributed by atoms with Crippen LogP contribution in [0.4, 0.5) is 0 Å². The maximum Gasteiger partial charge on any atom is 0.137 e. The molecule has 1 saturated heterocycles. The molecule has 0 amide bonds. The van der Waals surface area contributed by atoms with E-state index in [1.807, 2.05) is 0 Å². The van der Waals surface area contributed by atoms with Crippen LogP contribution in [0.25, 0.3) is 0 Å². The van der Waals surface area contributed by atoms with Crippen LogP contribution in [-0.2, 0) is 11.2 Å². The predicted octanol–water partition coefficient (Wildman–Crippen LogP) is 3.31. The van der Waals surface area contributed by atoms with E-state index in [-0.39, 0.29) is 0 Å². The Kier molecular flexibility index (Phi) is 4.51. The van der Waals surface area contributed by atoms with Gasteiger partial charge in [-0.25, -0.2) is 0 Å². The Bertz CT molecular complexity index is 434. The minimum atomic E-state index is 0.348. The smallest absolute Gasteiger partial charge is 0.137 e. The van der Waals surface area contributed by atoms with Crippen molar-refractivity contribution >= 4 is 5.78 Å². The van der Waals surface area contributed by atoms with Gasteiger partial charge < -0.3 is 4.90 Å². The van der Waals surface area contributed by atoms with Crippen molar-refractivity contribution in [2.75, 3.05) is 19.6 Å². The van der Waals surface area contributed by atoms with Crippen molar-refractivity contribution < 1.29 is 4.79 Å². The summed E-state index contributed by atoms with van der Waals surface area (Å²) in [6.07, 6.45) is 6.87. The molecule has 1 heterocycles. The van der Waals surface area contributed by atoms with Crippen LogP contribution >= 0.6 is 0 Å². The van der Waals surface area contributed by atoms with Gasteiger partial charge in [0.2, 0.25) is 0 Å². The largest absolute Gasteiger partial charge is 0.303 e. The molecular formula is C18H25NO. The molecule has 1 aliphatic carbocycles. The summed E-state index contributed by atoms with van der Waals surface area (Å²) in [5.74, 6) is 1.69. The number of nitrogens with zero attached hydrogens (tertiary/aromatic N) is 1. The zero-order valence-electron chi connectivity index (χ0n) is 12.3. The molecule has 1 saturated carbocycles. The number of hydrogen-bond acceptors (Lipinski definition) is 2. The lowest BCUT2D eigenvalue weighted by Crippen LogP contribution is -2.38. The summed E-state index contributed by atoms with van der Waals surface area (Å²) in [4.78, 5) is 14.3. The average molecular weight is 271 g/mol. The van der Waals surface area contributed by atoms with Crippen LogP contribution in [0, 0.1) is 11.8 Å². The van der Waals surface area contributed by atoms with Crippen LogP contribution in [0.3, 0.4) is 0 Å². The fraction of sp³-hybridized carbons (Fsp3) is 0.611. The molecule has 2 heteroatoms. The number of ketones is 1. The number of carbonyl (C=O) groups excluding carboxylic acids is 1. The van der Waals surface area contributed by atoms with Gasteiger partial charge in [-0.3, -0.25) is 4.79 Å². The van der Waals surface area contributed by atoms with Gasteiger partial charge >= 0.3 is 0 Å². The highest BCUT2D eigenvalue weighted by molar-refractivity contribution is 5.83. The van der Waals surface area contributed by atoms with E-state index in [0.29, 0.717) is 11.7 Å². The summed E-state index contributed by atoms with van der Waals surface area (Å²) in [6.45, 7) is 3.39. The summed E-state index contributed by atoms with van der Waals surface area (Å²) < 4.78 is 0. The highest BCUT2D eigenvalue weighted by atomic mass is 16.1. The zero-order chi connectivity index (χ0) is 13.8. The third-order valence-corrected chi connectivity index (χ3v) is 4.98. The van der Waals surface area contributed by atoms with Crippen molar-refractivity contribution in [1.29, 1.82) is 0 Å². The highest BCUT2D eigenvalue weighted by Gasteiger charge is 2.28. The van der Waals surface area contributed by atoms with Gasteiger partial charge in [0.05, 0.1) is 0 Å². The first-order valence-corrected chi connectivity index (χ1v) is 8.10. The van der Waals surface area contributed by atoms with Crippen LogP contribution in [0.1, 0.15) is 37.7 Å². The topological polar surface area (TPSA) is 20.3 Å². The van der Waals surface area contributed by atoms with Crippen molar-refractivity contribution in [3.63, 3.8) is 0 Å². The second-order valence-electron chi connectivity index (χ2n) is 6.49. The van der Waals surface area contributed by atoms with Gasteiger partial charge in [0.1, 0.15) is 5.78 Å². The molecule has 0 radical (unpaired) electrons. The van der Waals surface area contributed by atoms with E-state index in [0.717, 1.165) is 31.7 Å². The average Bonchev–Trinajstić information content (AvgIpc) is 2.88.